The van der Waals surface area contributed by atoms with E-state index >= 15 is 0 Å². The van der Waals surface area contributed by atoms with E-state index in [0.717, 1.165) is 6.42 Å². The van der Waals surface area contributed by atoms with Crippen LogP contribution in [-0.2, 0) is 0 Å². The van der Waals surface area contributed by atoms with Gasteiger partial charge in [0.1, 0.15) is 0 Å². The van der Waals surface area contributed by atoms with Crippen LogP contribution in [0.25, 0.3) is 11.0 Å². The quantitative estimate of drug-likeness (QED) is 0.626. The Morgan fingerprint density at radius 1 is 1.29 bits per heavy atom. The number of fused-ring (bicyclic) bond motifs is 1. The maximum Gasteiger partial charge on any atom is 0.461 e. The Morgan fingerprint density at radius 3 is 2.59 bits per heavy atom. The molecule has 1 aromatic heterocycles. The molecule has 6 nitrogen and oxygen atoms in total. The predicted octanol–water partition coefficient (Wildman–Crippen LogP) is 0.712. The summed E-state index contributed by atoms with van der Waals surface area (Å²) >= 11 is 0. The smallest absolute Gasteiger partial charge is 0.461 e. The average molecular weight is 234 g/mol. The van der Waals surface area contributed by atoms with E-state index in [4.69, 9.17) is 0 Å². The number of hydrogen-bond donors (Lipinski definition) is 1. The van der Waals surface area contributed by atoms with Crippen LogP contribution >= 0.6 is 0 Å². The van der Waals surface area contributed by atoms with Gasteiger partial charge >= 0.3 is 5.95 Å². The van der Waals surface area contributed by atoms with Crippen molar-refractivity contribution >= 4 is 17.0 Å². The fourth-order valence-corrected chi connectivity index (χ4v) is 1.50. The molecule has 1 N–H and O–H groups in total. The lowest BCUT2D eigenvalue weighted by atomic mass is 10.3. The van der Waals surface area contributed by atoms with Crippen molar-refractivity contribution in [3.05, 3.63) is 34.7 Å². The number of rotatable bonds is 3. The van der Waals surface area contributed by atoms with Gasteiger partial charge in [-0.2, -0.15) is 0 Å². The number of para-hydroxylation sites is 2. The number of anilines is 1. The SMILES string of the molecule is CCC(C)Nc1n[n+]([O-])c2ccccc2[n+]1[O-]. The molecule has 0 fully saturated rings. The first-order valence-electron chi connectivity index (χ1n) is 5.52. The van der Waals surface area contributed by atoms with Crippen molar-refractivity contribution < 1.29 is 9.58 Å². The summed E-state index contributed by atoms with van der Waals surface area (Å²) in [6.07, 6.45) is 0.841. The first-order chi connectivity index (χ1) is 8.13. The molecule has 2 aromatic rings. The van der Waals surface area contributed by atoms with Crippen LogP contribution in [-0.4, -0.2) is 11.1 Å². The van der Waals surface area contributed by atoms with Gasteiger partial charge in [0, 0.05) is 10.9 Å². The molecule has 1 heterocycles. The lowest BCUT2D eigenvalue weighted by molar-refractivity contribution is -0.672. The summed E-state index contributed by atoms with van der Waals surface area (Å²) < 4.78 is 0.649. The molecule has 0 aliphatic rings. The van der Waals surface area contributed by atoms with E-state index < -0.39 is 0 Å². The number of nitrogens with zero attached hydrogens (tertiary/aromatic N) is 3. The molecule has 90 valence electrons. The van der Waals surface area contributed by atoms with Crippen LogP contribution in [0, 0.1) is 10.4 Å². The van der Waals surface area contributed by atoms with Gasteiger partial charge < -0.3 is 10.4 Å². The van der Waals surface area contributed by atoms with E-state index in [2.05, 4.69) is 10.4 Å². The molecule has 2 rings (SSSR count). The lowest BCUT2D eigenvalue weighted by Gasteiger charge is -2.12. The molecule has 0 radical (unpaired) electrons. The molecule has 0 saturated heterocycles. The van der Waals surface area contributed by atoms with Gasteiger partial charge in [0.2, 0.25) is 5.10 Å². The van der Waals surface area contributed by atoms with Crippen molar-refractivity contribution in [1.82, 2.24) is 5.10 Å². The van der Waals surface area contributed by atoms with Crippen molar-refractivity contribution in [3.63, 3.8) is 0 Å². The molecule has 0 spiro atoms. The minimum absolute atomic E-state index is 0.0352. The molecule has 0 bridgehead atoms. The van der Waals surface area contributed by atoms with E-state index in [1.54, 1.807) is 24.3 Å². The normalized spacial score (nSPS) is 12.6. The zero-order chi connectivity index (χ0) is 12.4. The average Bonchev–Trinajstić information content (AvgIpc) is 2.35. The highest BCUT2D eigenvalue weighted by atomic mass is 16.5. The summed E-state index contributed by atoms with van der Waals surface area (Å²) in [5.74, 6) is 0.0352. The van der Waals surface area contributed by atoms with Crippen molar-refractivity contribution in [2.45, 2.75) is 26.3 Å². The van der Waals surface area contributed by atoms with Crippen LogP contribution in [0.3, 0.4) is 0 Å². The van der Waals surface area contributed by atoms with Gasteiger partial charge in [-0.1, -0.05) is 19.1 Å². The van der Waals surface area contributed by atoms with Crippen LogP contribution in [0.15, 0.2) is 24.3 Å². The minimum atomic E-state index is 0.0352. The van der Waals surface area contributed by atoms with Crippen molar-refractivity contribution in [3.8, 4) is 0 Å². The largest absolute Gasteiger partial charge is 0.739 e. The number of hydrogen-bond acceptors (Lipinski definition) is 4. The first kappa shape index (κ1) is 11.4. The third kappa shape index (κ3) is 2.06. The number of benzene rings is 1. The van der Waals surface area contributed by atoms with Crippen LogP contribution in [0.5, 0.6) is 0 Å². The summed E-state index contributed by atoms with van der Waals surface area (Å²) in [7, 11) is 0. The monoisotopic (exact) mass is 234 g/mol. The van der Waals surface area contributed by atoms with Crippen molar-refractivity contribution in [2.75, 3.05) is 5.32 Å². The number of aromatic nitrogens is 3. The molecule has 0 saturated carbocycles. The van der Waals surface area contributed by atoms with E-state index in [1.165, 1.54) is 0 Å². The first-order valence-corrected chi connectivity index (χ1v) is 5.52. The Bertz CT molecular complexity index is 544. The van der Waals surface area contributed by atoms with Gasteiger partial charge in [-0.15, -0.1) is 0 Å². The molecule has 0 aliphatic heterocycles. The van der Waals surface area contributed by atoms with Gasteiger partial charge in [-0.3, -0.25) is 5.32 Å². The Hall–Kier alpha value is -2.11. The minimum Gasteiger partial charge on any atom is -0.739 e. The Labute approximate surface area is 98.7 Å². The topological polar surface area (TPSA) is 78.8 Å². The number of nitrogens with one attached hydrogen (secondary N) is 1. The predicted molar refractivity (Wildman–Crippen MR) is 63.0 cm³/mol. The highest BCUT2D eigenvalue weighted by Crippen LogP contribution is 2.06. The second-order valence-electron chi connectivity index (χ2n) is 3.93. The Balaban J connectivity index is 2.55. The van der Waals surface area contributed by atoms with Gasteiger partial charge in [0.15, 0.2) is 5.52 Å². The van der Waals surface area contributed by atoms with Crippen LogP contribution in [0.1, 0.15) is 20.3 Å². The summed E-state index contributed by atoms with van der Waals surface area (Å²) in [4.78, 5) is 0.467. The van der Waals surface area contributed by atoms with Crippen LogP contribution < -0.4 is 14.9 Å². The molecule has 0 aliphatic carbocycles. The highest BCUT2D eigenvalue weighted by Gasteiger charge is 2.20. The van der Waals surface area contributed by atoms with Crippen molar-refractivity contribution in [2.24, 2.45) is 0 Å². The molecule has 0 amide bonds. The third-order valence-electron chi connectivity index (χ3n) is 2.67. The van der Waals surface area contributed by atoms with Crippen LogP contribution in [0.2, 0.25) is 0 Å². The zero-order valence-corrected chi connectivity index (χ0v) is 9.75. The standard InChI is InChI=1S/C11H14N4O2/c1-3-8(2)12-11-13-15(17)10-7-5-4-6-9(10)14(11)16/h4-8H,3H2,1-2H3,(H,12,13). The fraction of sp³-hybridized carbons (Fsp3) is 0.364. The summed E-state index contributed by atoms with van der Waals surface area (Å²) in [6.45, 7) is 3.91. The van der Waals surface area contributed by atoms with Crippen molar-refractivity contribution in [1.29, 1.82) is 0 Å². The van der Waals surface area contributed by atoms with E-state index in [-0.39, 0.29) is 17.5 Å². The zero-order valence-electron chi connectivity index (χ0n) is 9.75. The maximum absolute atomic E-state index is 12.0. The van der Waals surface area contributed by atoms with E-state index in [1.807, 2.05) is 13.8 Å². The molecular weight excluding hydrogens is 220 g/mol. The van der Waals surface area contributed by atoms with E-state index in [9.17, 15) is 10.4 Å². The second-order valence-corrected chi connectivity index (χ2v) is 3.93. The molecule has 1 aromatic carbocycles. The third-order valence-corrected chi connectivity index (χ3v) is 2.67. The van der Waals surface area contributed by atoms with Gasteiger partial charge in [0.05, 0.1) is 6.04 Å². The summed E-state index contributed by atoms with van der Waals surface area (Å²) in [5, 5.41) is 30.2. The molecular formula is C11H14N4O2. The molecule has 17 heavy (non-hydrogen) atoms. The summed E-state index contributed by atoms with van der Waals surface area (Å²) in [6, 6.07) is 6.66. The summed E-state index contributed by atoms with van der Waals surface area (Å²) in [5.41, 5.74) is 0.570. The second kappa shape index (κ2) is 4.40. The molecule has 1 atom stereocenters. The molecule has 1 unspecified atom stereocenters. The lowest BCUT2D eigenvalue weighted by Crippen LogP contribution is -2.45. The van der Waals surface area contributed by atoms with E-state index in [0.29, 0.717) is 15.1 Å². The molecule has 6 heteroatoms. The van der Waals surface area contributed by atoms with Gasteiger partial charge in [0.25, 0.3) is 5.52 Å². The Morgan fingerprint density at radius 2 is 1.94 bits per heavy atom. The van der Waals surface area contributed by atoms with Gasteiger partial charge in [-0.05, 0) is 19.4 Å². The maximum atomic E-state index is 12.0. The van der Waals surface area contributed by atoms with Gasteiger partial charge in [-0.25, -0.2) is 4.73 Å². The van der Waals surface area contributed by atoms with Crippen LogP contribution in [0.4, 0.5) is 5.95 Å². The Kier molecular flexibility index (Phi) is 2.95. The highest BCUT2D eigenvalue weighted by molar-refractivity contribution is 5.67. The fourth-order valence-electron chi connectivity index (χ4n) is 1.50.